The van der Waals surface area contributed by atoms with E-state index < -0.39 is 6.04 Å². The third kappa shape index (κ3) is 4.21. The molecule has 1 aromatic rings. The van der Waals surface area contributed by atoms with E-state index in [-0.39, 0.29) is 11.7 Å². The van der Waals surface area contributed by atoms with E-state index in [1.165, 1.54) is 19.3 Å². The van der Waals surface area contributed by atoms with Gasteiger partial charge in [-0.05, 0) is 43.9 Å². The number of benzene rings is 1. The highest BCUT2D eigenvalue weighted by Gasteiger charge is 2.27. The molecule has 0 aromatic heterocycles. The number of phenols is 1. The Bertz CT molecular complexity index is 452. The maximum Gasteiger partial charge on any atom is 0.240 e. The van der Waals surface area contributed by atoms with E-state index in [9.17, 15) is 9.90 Å². The van der Waals surface area contributed by atoms with Gasteiger partial charge in [-0.3, -0.25) is 4.79 Å². The molecule has 0 unspecified atom stereocenters. The van der Waals surface area contributed by atoms with Crippen LogP contribution in [0, 0.1) is 0 Å². The smallest absolute Gasteiger partial charge is 0.240 e. The summed E-state index contributed by atoms with van der Waals surface area (Å²) in [5.74, 6) is 0.286. The number of hydrogen-bond donors (Lipinski definition) is 2. The molecule has 1 amide bonds. The summed E-state index contributed by atoms with van der Waals surface area (Å²) in [7, 11) is 0. The highest BCUT2D eigenvalue weighted by molar-refractivity contribution is 5.82. The van der Waals surface area contributed by atoms with Crippen LogP contribution < -0.4 is 5.73 Å². The van der Waals surface area contributed by atoms with Crippen molar-refractivity contribution >= 4 is 5.91 Å². The molecule has 0 spiro atoms. The van der Waals surface area contributed by atoms with E-state index in [1.807, 2.05) is 24.0 Å². The van der Waals surface area contributed by atoms with Gasteiger partial charge in [-0.25, -0.2) is 0 Å². The van der Waals surface area contributed by atoms with Gasteiger partial charge in [-0.15, -0.1) is 0 Å². The van der Waals surface area contributed by atoms with Crippen molar-refractivity contribution < 1.29 is 9.90 Å². The third-order valence-corrected chi connectivity index (χ3v) is 4.35. The number of aromatic hydroxyl groups is 1. The van der Waals surface area contributed by atoms with Gasteiger partial charge >= 0.3 is 0 Å². The van der Waals surface area contributed by atoms with Crippen molar-refractivity contribution in [3.8, 4) is 5.75 Å². The van der Waals surface area contributed by atoms with Gasteiger partial charge in [0.05, 0.1) is 6.04 Å². The molecule has 116 valence electrons. The molecule has 0 bridgehead atoms. The average Bonchev–Trinajstić information content (AvgIpc) is 2.51. The Morgan fingerprint density at radius 1 is 1.29 bits per heavy atom. The lowest BCUT2D eigenvalue weighted by Crippen LogP contribution is -2.49. The number of rotatable bonds is 5. The van der Waals surface area contributed by atoms with E-state index in [2.05, 4.69) is 0 Å². The van der Waals surface area contributed by atoms with Crippen molar-refractivity contribution in [2.45, 2.75) is 57.5 Å². The van der Waals surface area contributed by atoms with Crippen LogP contribution in [0.15, 0.2) is 24.3 Å². The van der Waals surface area contributed by atoms with Gasteiger partial charge in [-0.1, -0.05) is 31.4 Å². The molecular formula is C17H26N2O2. The zero-order valence-corrected chi connectivity index (χ0v) is 12.8. The molecule has 1 aliphatic carbocycles. The lowest BCUT2D eigenvalue weighted by molar-refractivity contribution is -0.135. The predicted octanol–water partition coefficient (Wildman–Crippen LogP) is 2.44. The summed E-state index contributed by atoms with van der Waals surface area (Å²) in [6.45, 7) is 2.76. The first-order chi connectivity index (χ1) is 10.1. The molecule has 1 aliphatic rings. The van der Waals surface area contributed by atoms with Crippen molar-refractivity contribution in [3.63, 3.8) is 0 Å². The molecule has 4 nitrogen and oxygen atoms in total. The van der Waals surface area contributed by atoms with Gasteiger partial charge in [0.2, 0.25) is 5.91 Å². The van der Waals surface area contributed by atoms with E-state index in [0.717, 1.165) is 24.9 Å². The normalized spacial score (nSPS) is 17.4. The van der Waals surface area contributed by atoms with Crippen molar-refractivity contribution in [2.75, 3.05) is 6.54 Å². The Balaban J connectivity index is 1.97. The SMILES string of the molecule is CCN(C(=O)[C@@H](N)Cc1ccc(O)cc1)C1CCCCC1. The third-order valence-electron chi connectivity index (χ3n) is 4.35. The minimum absolute atomic E-state index is 0.0532. The molecule has 1 atom stereocenters. The van der Waals surface area contributed by atoms with Gasteiger partial charge in [0.15, 0.2) is 0 Å². The quantitative estimate of drug-likeness (QED) is 0.875. The van der Waals surface area contributed by atoms with Crippen LogP contribution in [0.2, 0.25) is 0 Å². The maximum absolute atomic E-state index is 12.6. The second-order valence-corrected chi connectivity index (χ2v) is 5.89. The number of hydrogen-bond acceptors (Lipinski definition) is 3. The Hall–Kier alpha value is -1.55. The van der Waals surface area contributed by atoms with Crippen LogP contribution in [-0.2, 0) is 11.2 Å². The van der Waals surface area contributed by atoms with Gasteiger partial charge in [-0.2, -0.15) is 0 Å². The summed E-state index contributed by atoms with van der Waals surface area (Å²) < 4.78 is 0. The maximum atomic E-state index is 12.6. The second-order valence-electron chi connectivity index (χ2n) is 5.89. The highest BCUT2D eigenvalue weighted by Crippen LogP contribution is 2.23. The van der Waals surface area contributed by atoms with Crippen LogP contribution in [0.1, 0.15) is 44.6 Å². The first kappa shape index (κ1) is 15.8. The summed E-state index contributed by atoms with van der Waals surface area (Å²) in [5, 5.41) is 9.29. The van der Waals surface area contributed by atoms with Crippen LogP contribution in [0.3, 0.4) is 0 Å². The summed E-state index contributed by atoms with van der Waals surface area (Å²) >= 11 is 0. The molecule has 4 heteroatoms. The number of nitrogens with zero attached hydrogens (tertiary/aromatic N) is 1. The van der Waals surface area contributed by atoms with Gasteiger partial charge in [0.1, 0.15) is 5.75 Å². The standard InChI is InChI=1S/C17H26N2O2/c1-2-19(14-6-4-3-5-7-14)17(21)16(18)12-13-8-10-15(20)11-9-13/h8-11,14,16,20H,2-7,12,18H2,1H3/t16-/m0/s1. The zero-order valence-electron chi connectivity index (χ0n) is 12.8. The monoisotopic (exact) mass is 290 g/mol. The first-order valence-corrected chi connectivity index (χ1v) is 7.95. The van der Waals surface area contributed by atoms with Gasteiger partial charge < -0.3 is 15.7 Å². The largest absolute Gasteiger partial charge is 0.508 e. The molecule has 0 aliphatic heterocycles. The van der Waals surface area contributed by atoms with Crippen molar-refractivity contribution in [1.82, 2.24) is 4.90 Å². The van der Waals surface area contributed by atoms with E-state index in [0.29, 0.717) is 12.5 Å². The van der Waals surface area contributed by atoms with E-state index >= 15 is 0 Å². The molecule has 1 saturated carbocycles. The molecule has 0 radical (unpaired) electrons. The Labute approximate surface area is 126 Å². The van der Waals surface area contributed by atoms with E-state index in [1.54, 1.807) is 12.1 Å². The topological polar surface area (TPSA) is 66.6 Å². The number of amides is 1. The average molecular weight is 290 g/mol. The molecule has 0 saturated heterocycles. The minimum atomic E-state index is -0.503. The van der Waals surface area contributed by atoms with E-state index in [4.69, 9.17) is 5.73 Å². The summed E-state index contributed by atoms with van der Waals surface area (Å²) in [6, 6.07) is 6.76. The zero-order chi connectivity index (χ0) is 15.2. The molecule has 2 rings (SSSR count). The van der Waals surface area contributed by atoms with Crippen LogP contribution in [0.5, 0.6) is 5.75 Å². The van der Waals surface area contributed by atoms with Crippen LogP contribution >= 0.6 is 0 Å². The summed E-state index contributed by atoms with van der Waals surface area (Å²) in [5.41, 5.74) is 7.10. The molecule has 0 heterocycles. The van der Waals surface area contributed by atoms with Crippen molar-refractivity contribution in [2.24, 2.45) is 5.73 Å². The number of carbonyl (C=O) groups excluding carboxylic acids is 1. The Morgan fingerprint density at radius 3 is 2.48 bits per heavy atom. The lowest BCUT2D eigenvalue weighted by Gasteiger charge is -2.35. The van der Waals surface area contributed by atoms with Crippen LogP contribution in [-0.4, -0.2) is 34.5 Å². The molecule has 1 fully saturated rings. The molecule has 21 heavy (non-hydrogen) atoms. The summed E-state index contributed by atoms with van der Waals surface area (Å²) in [6.07, 6.45) is 6.42. The second kappa shape index (κ2) is 7.46. The number of likely N-dealkylation sites (N-methyl/N-ethyl adjacent to an activating group) is 1. The van der Waals surface area contributed by atoms with Gasteiger partial charge in [0.25, 0.3) is 0 Å². The fourth-order valence-electron chi connectivity index (χ4n) is 3.17. The molecular weight excluding hydrogens is 264 g/mol. The fraction of sp³-hybridized carbons (Fsp3) is 0.588. The van der Waals surface area contributed by atoms with Crippen LogP contribution in [0.4, 0.5) is 0 Å². The summed E-state index contributed by atoms with van der Waals surface area (Å²) in [4.78, 5) is 14.6. The fourth-order valence-corrected chi connectivity index (χ4v) is 3.17. The minimum Gasteiger partial charge on any atom is -0.508 e. The van der Waals surface area contributed by atoms with Crippen molar-refractivity contribution in [1.29, 1.82) is 0 Å². The molecule has 1 aromatic carbocycles. The highest BCUT2D eigenvalue weighted by atomic mass is 16.3. The van der Waals surface area contributed by atoms with Gasteiger partial charge in [0, 0.05) is 12.6 Å². The molecule has 3 N–H and O–H groups in total. The number of carbonyl (C=O) groups is 1. The Morgan fingerprint density at radius 2 is 1.90 bits per heavy atom. The predicted molar refractivity (Wildman–Crippen MR) is 84.0 cm³/mol. The number of nitrogens with two attached hydrogens (primary N) is 1. The number of phenolic OH excluding ortho intramolecular Hbond substituents is 1. The first-order valence-electron chi connectivity index (χ1n) is 7.95. The Kier molecular flexibility index (Phi) is 5.62. The van der Waals surface area contributed by atoms with Crippen molar-refractivity contribution in [3.05, 3.63) is 29.8 Å². The lowest BCUT2D eigenvalue weighted by atomic mass is 9.93. The van der Waals surface area contributed by atoms with Crippen LogP contribution in [0.25, 0.3) is 0 Å².